The number of nitrogens with two attached hydrogens (primary N) is 1. The number of hydrazine groups is 1. The fourth-order valence-electron chi connectivity index (χ4n) is 1.92. The van der Waals surface area contributed by atoms with Gasteiger partial charge in [0.05, 0.1) is 15.9 Å². The number of hydrogen-bond acceptors (Lipinski definition) is 4. The molecule has 0 aliphatic rings. The number of aromatic nitrogens is 2. The monoisotopic (exact) mass is 354 g/mol. The smallest absolute Gasteiger partial charge is 0.261 e. The van der Waals surface area contributed by atoms with Crippen molar-refractivity contribution in [1.29, 1.82) is 0 Å². The van der Waals surface area contributed by atoms with E-state index in [0.717, 1.165) is 22.3 Å². The molecule has 5 nitrogen and oxygen atoms in total. The molecular weight excluding hydrogens is 334 g/mol. The van der Waals surface area contributed by atoms with E-state index in [1.165, 1.54) is 0 Å². The molecule has 0 amide bonds. The van der Waals surface area contributed by atoms with Crippen LogP contribution in [0.5, 0.6) is 0 Å². The third kappa shape index (κ3) is 5.08. The van der Waals surface area contributed by atoms with Gasteiger partial charge in [0.1, 0.15) is 6.61 Å². The Balaban J connectivity index is 2.53. The molecule has 1 atom stereocenters. The number of alkyl halides is 2. The average Bonchev–Trinajstić information content (AvgIpc) is 2.68. The molecule has 0 aliphatic carbocycles. The molecule has 0 bridgehead atoms. The van der Waals surface area contributed by atoms with Crippen LogP contribution in [0.15, 0.2) is 4.47 Å². The standard InChI is InChI=1S/C12H21BrF2N4O/c1-3-9-12(13)10(19(2)18-9)6-8(17-16)4-5-20-7-11(14)15/h8,11,17H,3-7,16H2,1-2H3. The third-order valence-corrected chi connectivity index (χ3v) is 3.95. The summed E-state index contributed by atoms with van der Waals surface area (Å²) in [6.45, 7) is 1.75. The first-order valence-corrected chi connectivity index (χ1v) is 7.31. The Bertz CT molecular complexity index is 414. The molecule has 8 heteroatoms. The highest BCUT2D eigenvalue weighted by Crippen LogP contribution is 2.23. The summed E-state index contributed by atoms with van der Waals surface area (Å²) in [5.74, 6) is 5.50. The van der Waals surface area contributed by atoms with Gasteiger partial charge in [0.25, 0.3) is 6.43 Å². The topological polar surface area (TPSA) is 65.1 Å². The minimum atomic E-state index is -2.43. The van der Waals surface area contributed by atoms with E-state index in [-0.39, 0.29) is 12.6 Å². The number of halogens is 3. The zero-order valence-electron chi connectivity index (χ0n) is 11.7. The summed E-state index contributed by atoms with van der Waals surface area (Å²) in [7, 11) is 1.88. The number of aryl methyl sites for hydroxylation is 2. The Kier molecular flexibility index (Phi) is 7.57. The molecule has 0 aliphatic heterocycles. The molecule has 0 saturated heterocycles. The molecule has 1 aromatic heterocycles. The van der Waals surface area contributed by atoms with Crippen molar-refractivity contribution in [2.24, 2.45) is 12.9 Å². The number of nitrogens with one attached hydrogen (secondary N) is 1. The van der Waals surface area contributed by atoms with Crippen LogP contribution in [0.1, 0.15) is 24.7 Å². The second kappa shape index (κ2) is 8.66. The van der Waals surface area contributed by atoms with Crippen LogP contribution in [0.4, 0.5) is 8.78 Å². The molecule has 1 unspecified atom stereocenters. The summed E-state index contributed by atoms with van der Waals surface area (Å²) in [6.07, 6.45) is -0.384. The van der Waals surface area contributed by atoms with Crippen molar-refractivity contribution in [2.45, 2.75) is 38.7 Å². The Morgan fingerprint density at radius 1 is 1.50 bits per heavy atom. The van der Waals surface area contributed by atoms with Crippen molar-refractivity contribution in [3.8, 4) is 0 Å². The van der Waals surface area contributed by atoms with Crippen LogP contribution < -0.4 is 11.3 Å². The Morgan fingerprint density at radius 2 is 2.20 bits per heavy atom. The molecule has 20 heavy (non-hydrogen) atoms. The summed E-state index contributed by atoms with van der Waals surface area (Å²) < 4.78 is 31.6. The second-order valence-corrected chi connectivity index (χ2v) is 5.30. The molecule has 0 saturated carbocycles. The molecule has 0 aromatic carbocycles. The van der Waals surface area contributed by atoms with Gasteiger partial charge in [0, 0.05) is 26.1 Å². The van der Waals surface area contributed by atoms with E-state index >= 15 is 0 Å². The van der Waals surface area contributed by atoms with Crippen LogP contribution in [0.25, 0.3) is 0 Å². The van der Waals surface area contributed by atoms with Crippen molar-refractivity contribution in [3.63, 3.8) is 0 Å². The Hall–Kier alpha value is -0.570. The van der Waals surface area contributed by atoms with Crippen LogP contribution in [-0.4, -0.2) is 35.5 Å². The summed E-state index contributed by atoms with van der Waals surface area (Å²) in [6, 6.07) is -0.0518. The van der Waals surface area contributed by atoms with Crippen LogP contribution in [-0.2, 0) is 24.6 Å². The largest absolute Gasteiger partial charge is 0.375 e. The van der Waals surface area contributed by atoms with Gasteiger partial charge in [-0.25, -0.2) is 8.78 Å². The van der Waals surface area contributed by atoms with Crippen LogP contribution >= 0.6 is 15.9 Å². The van der Waals surface area contributed by atoms with Crippen LogP contribution in [0.3, 0.4) is 0 Å². The van der Waals surface area contributed by atoms with Gasteiger partial charge < -0.3 is 4.74 Å². The van der Waals surface area contributed by atoms with E-state index in [1.54, 1.807) is 0 Å². The Morgan fingerprint density at radius 3 is 2.70 bits per heavy atom. The Labute approximate surface area is 125 Å². The van der Waals surface area contributed by atoms with Crippen molar-refractivity contribution in [1.82, 2.24) is 15.2 Å². The third-order valence-electron chi connectivity index (χ3n) is 3.03. The van der Waals surface area contributed by atoms with Crippen LogP contribution in [0.2, 0.25) is 0 Å². The minimum Gasteiger partial charge on any atom is -0.375 e. The molecule has 3 N–H and O–H groups in total. The molecule has 0 fully saturated rings. The number of hydrogen-bond donors (Lipinski definition) is 2. The fraction of sp³-hybridized carbons (Fsp3) is 0.750. The summed E-state index contributed by atoms with van der Waals surface area (Å²) in [5.41, 5.74) is 4.71. The summed E-state index contributed by atoms with van der Waals surface area (Å²) in [4.78, 5) is 0. The lowest BCUT2D eigenvalue weighted by Crippen LogP contribution is -2.38. The number of nitrogens with zero attached hydrogens (tertiary/aromatic N) is 2. The highest BCUT2D eigenvalue weighted by Gasteiger charge is 2.17. The van der Waals surface area contributed by atoms with Crippen LogP contribution in [0, 0.1) is 0 Å². The number of ether oxygens (including phenoxy) is 1. The molecular formula is C12H21BrF2N4O. The van der Waals surface area contributed by atoms with Crippen molar-refractivity contribution >= 4 is 15.9 Å². The lowest BCUT2D eigenvalue weighted by atomic mass is 10.1. The van der Waals surface area contributed by atoms with E-state index in [4.69, 9.17) is 10.6 Å². The van der Waals surface area contributed by atoms with Crippen molar-refractivity contribution in [2.75, 3.05) is 13.2 Å². The molecule has 116 valence electrons. The minimum absolute atomic E-state index is 0.0518. The summed E-state index contributed by atoms with van der Waals surface area (Å²) in [5, 5.41) is 4.41. The van der Waals surface area contributed by atoms with Crippen molar-refractivity contribution < 1.29 is 13.5 Å². The van der Waals surface area contributed by atoms with E-state index in [0.29, 0.717) is 12.8 Å². The first kappa shape index (κ1) is 17.5. The first-order chi connectivity index (χ1) is 9.49. The number of rotatable bonds is 9. The van der Waals surface area contributed by atoms with E-state index < -0.39 is 13.0 Å². The van der Waals surface area contributed by atoms with Gasteiger partial charge in [-0.15, -0.1) is 0 Å². The lowest BCUT2D eigenvalue weighted by molar-refractivity contribution is 0.0144. The van der Waals surface area contributed by atoms with E-state index in [2.05, 4.69) is 26.5 Å². The highest BCUT2D eigenvalue weighted by molar-refractivity contribution is 9.10. The van der Waals surface area contributed by atoms with E-state index in [9.17, 15) is 8.78 Å². The second-order valence-electron chi connectivity index (χ2n) is 4.51. The van der Waals surface area contributed by atoms with Gasteiger partial charge in [-0.3, -0.25) is 16.0 Å². The summed E-state index contributed by atoms with van der Waals surface area (Å²) >= 11 is 3.54. The maximum atomic E-state index is 12.0. The SMILES string of the molecule is CCc1nn(C)c(CC(CCOCC(F)F)NN)c1Br. The molecule has 1 aromatic rings. The zero-order valence-corrected chi connectivity index (χ0v) is 13.3. The van der Waals surface area contributed by atoms with Gasteiger partial charge in [0.15, 0.2) is 0 Å². The maximum Gasteiger partial charge on any atom is 0.261 e. The molecule has 0 radical (unpaired) electrons. The molecule has 1 heterocycles. The fourth-order valence-corrected chi connectivity index (χ4v) is 2.70. The van der Waals surface area contributed by atoms with Gasteiger partial charge in [-0.05, 0) is 28.8 Å². The van der Waals surface area contributed by atoms with E-state index in [1.807, 2.05) is 18.7 Å². The first-order valence-electron chi connectivity index (χ1n) is 6.51. The van der Waals surface area contributed by atoms with Crippen molar-refractivity contribution in [3.05, 3.63) is 15.9 Å². The maximum absolute atomic E-state index is 12.0. The molecule has 0 spiro atoms. The predicted molar refractivity (Wildman–Crippen MR) is 76.5 cm³/mol. The molecule has 1 rings (SSSR count). The van der Waals surface area contributed by atoms with Gasteiger partial charge in [-0.2, -0.15) is 5.10 Å². The normalized spacial score (nSPS) is 13.2. The van der Waals surface area contributed by atoms with Gasteiger partial charge >= 0.3 is 0 Å². The predicted octanol–water partition coefficient (Wildman–Crippen LogP) is 1.79. The highest BCUT2D eigenvalue weighted by atomic mass is 79.9. The quantitative estimate of drug-likeness (QED) is 0.403. The van der Waals surface area contributed by atoms with Gasteiger partial charge in [0.2, 0.25) is 0 Å². The zero-order chi connectivity index (χ0) is 15.1. The lowest BCUT2D eigenvalue weighted by Gasteiger charge is -2.16. The average molecular weight is 355 g/mol. The van der Waals surface area contributed by atoms with Gasteiger partial charge in [-0.1, -0.05) is 6.92 Å².